The van der Waals surface area contributed by atoms with Gasteiger partial charge in [0.1, 0.15) is 18.3 Å². The van der Waals surface area contributed by atoms with E-state index in [-0.39, 0.29) is 17.7 Å². The van der Waals surface area contributed by atoms with E-state index < -0.39 is 35.7 Å². The van der Waals surface area contributed by atoms with Crippen LogP contribution in [0.5, 0.6) is 5.75 Å². The second-order valence-corrected chi connectivity index (χ2v) is 7.89. The largest absolute Gasteiger partial charge is 0.489 e. The Balaban J connectivity index is 1.66. The van der Waals surface area contributed by atoms with Crippen LogP contribution in [0, 0.1) is 5.92 Å². The molecule has 0 radical (unpaired) electrons. The summed E-state index contributed by atoms with van der Waals surface area (Å²) in [7, 11) is 0. The molecular weight excluding hydrogens is 449 g/mol. The van der Waals surface area contributed by atoms with Crippen molar-refractivity contribution in [3.05, 3.63) is 102 Å². The molecular formula is C25H21F3N2O4. The van der Waals surface area contributed by atoms with Crippen LogP contribution >= 0.6 is 0 Å². The zero-order chi connectivity index (χ0) is 24.3. The van der Waals surface area contributed by atoms with Crippen molar-refractivity contribution in [1.29, 1.82) is 0 Å². The summed E-state index contributed by atoms with van der Waals surface area (Å²) in [6, 6.07) is 20.0. The molecule has 2 amide bonds. The Morgan fingerprint density at radius 2 is 1.53 bits per heavy atom. The van der Waals surface area contributed by atoms with E-state index in [9.17, 15) is 27.9 Å². The van der Waals surface area contributed by atoms with Crippen molar-refractivity contribution >= 4 is 11.8 Å². The third-order valence-corrected chi connectivity index (χ3v) is 5.63. The standard InChI is InChI=1S/C25H21F3N2O4/c26-25(27,28)24(33)20(22(31)18-9-5-2-6-10-18)21(29-23(32)30-24)17-11-13-19(14-12-17)34-15-16-7-3-1-4-8-16/h1-14,20-21,33H,15H2,(H2,29,30,32)/t20-,21-,24+/m1/s1. The summed E-state index contributed by atoms with van der Waals surface area (Å²) in [5.74, 6) is -2.60. The molecule has 0 saturated carbocycles. The van der Waals surface area contributed by atoms with Gasteiger partial charge in [-0.15, -0.1) is 0 Å². The van der Waals surface area contributed by atoms with Gasteiger partial charge in [-0.05, 0) is 23.3 Å². The molecule has 1 aliphatic rings. The molecule has 3 atom stereocenters. The van der Waals surface area contributed by atoms with Crippen LogP contribution in [0.2, 0.25) is 0 Å². The summed E-state index contributed by atoms with van der Waals surface area (Å²) in [5, 5.41) is 14.5. The van der Waals surface area contributed by atoms with E-state index in [1.807, 2.05) is 30.3 Å². The van der Waals surface area contributed by atoms with Crippen LogP contribution in [0.3, 0.4) is 0 Å². The predicted octanol–water partition coefficient (Wildman–Crippen LogP) is 4.37. The first-order valence-electron chi connectivity index (χ1n) is 10.4. The van der Waals surface area contributed by atoms with Crippen molar-refractivity contribution < 1.29 is 32.6 Å². The zero-order valence-corrected chi connectivity index (χ0v) is 17.8. The van der Waals surface area contributed by atoms with Crippen LogP contribution in [0.1, 0.15) is 27.5 Å². The Hall–Kier alpha value is -3.85. The SMILES string of the molecule is O=C1N[C@H](c2ccc(OCc3ccccc3)cc2)[C@H](C(=O)c2ccccc2)[C@](O)(C(F)(F)F)N1. The lowest BCUT2D eigenvalue weighted by Gasteiger charge is -2.45. The number of hydrogen-bond acceptors (Lipinski definition) is 4. The van der Waals surface area contributed by atoms with Gasteiger partial charge in [-0.3, -0.25) is 4.79 Å². The maximum atomic E-state index is 14.0. The second kappa shape index (κ2) is 9.18. The summed E-state index contributed by atoms with van der Waals surface area (Å²) in [6.07, 6.45) is -5.31. The van der Waals surface area contributed by atoms with Gasteiger partial charge in [-0.1, -0.05) is 72.8 Å². The minimum absolute atomic E-state index is 0.0269. The molecule has 0 unspecified atom stereocenters. The highest BCUT2D eigenvalue weighted by atomic mass is 19.4. The molecule has 0 spiro atoms. The van der Waals surface area contributed by atoms with E-state index >= 15 is 0 Å². The molecule has 0 bridgehead atoms. The summed E-state index contributed by atoms with van der Waals surface area (Å²) in [6.45, 7) is 0.285. The molecule has 0 aromatic heterocycles. The van der Waals surface area contributed by atoms with Gasteiger partial charge in [0.05, 0.1) is 6.04 Å². The molecule has 9 heteroatoms. The summed E-state index contributed by atoms with van der Waals surface area (Å²) < 4.78 is 47.6. The lowest BCUT2D eigenvalue weighted by molar-refractivity contribution is -0.287. The van der Waals surface area contributed by atoms with Gasteiger partial charge in [-0.2, -0.15) is 13.2 Å². The number of rotatable bonds is 6. The number of ether oxygens (including phenoxy) is 1. The van der Waals surface area contributed by atoms with E-state index in [4.69, 9.17) is 4.74 Å². The average molecular weight is 470 g/mol. The lowest BCUT2D eigenvalue weighted by atomic mass is 9.77. The summed E-state index contributed by atoms with van der Waals surface area (Å²) in [5.41, 5.74) is -2.66. The summed E-state index contributed by atoms with van der Waals surface area (Å²) in [4.78, 5) is 25.3. The first-order chi connectivity index (χ1) is 16.2. The van der Waals surface area contributed by atoms with Gasteiger partial charge in [0.2, 0.25) is 5.72 Å². The highest BCUT2D eigenvalue weighted by Crippen LogP contribution is 2.44. The Kier molecular flexibility index (Phi) is 6.30. The highest BCUT2D eigenvalue weighted by molar-refractivity contribution is 6.00. The number of urea groups is 1. The molecule has 34 heavy (non-hydrogen) atoms. The first kappa shape index (κ1) is 23.3. The van der Waals surface area contributed by atoms with E-state index in [0.717, 1.165) is 5.56 Å². The van der Waals surface area contributed by atoms with Crippen LogP contribution in [0.25, 0.3) is 0 Å². The summed E-state index contributed by atoms with van der Waals surface area (Å²) >= 11 is 0. The number of carbonyl (C=O) groups excluding carboxylic acids is 2. The van der Waals surface area contributed by atoms with Gasteiger partial charge < -0.3 is 20.5 Å². The fourth-order valence-electron chi connectivity index (χ4n) is 3.91. The van der Waals surface area contributed by atoms with Gasteiger partial charge in [0, 0.05) is 5.56 Å². The molecule has 3 aromatic rings. The number of aliphatic hydroxyl groups is 1. The molecule has 3 aromatic carbocycles. The number of halogens is 3. The molecule has 1 saturated heterocycles. The molecule has 176 valence electrons. The van der Waals surface area contributed by atoms with Crippen molar-refractivity contribution in [3.8, 4) is 5.75 Å². The quantitative estimate of drug-likeness (QED) is 0.467. The number of hydrogen-bond donors (Lipinski definition) is 3. The van der Waals surface area contributed by atoms with Gasteiger partial charge in [-0.25, -0.2) is 4.79 Å². The number of Topliss-reactive ketones (excluding diaryl/α,β-unsaturated/α-hetero) is 1. The zero-order valence-electron chi connectivity index (χ0n) is 17.8. The van der Waals surface area contributed by atoms with Crippen LogP contribution < -0.4 is 15.4 Å². The van der Waals surface area contributed by atoms with Gasteiger partial charge >= 0.3 is 12.2 Å². The molecule has 1 fully saturated rings. The van der Waals surface area contributed by atoms with Gasteiger partial charge in [0.25, 0.3) is 0 Å². The molecule has 0 aliphatic carbocycles. The predicted molar refractivity (Wildman–Crippen MR) is 117 cm³/mol. The van der Waals surface area contributed by atoms with Crippen LogP contribution in [0.15, 0.2) is 84.9 Å². The second-order valence-electron chi connectivity index (χ2n) is 7.89. The van der Waals surface area contributed by atoms with E-state index in [0.29, 0.717) is 5.75 Å². The Morgan fingerprint density at radius 3 is 2.12 bits per heavy atom. The number of amides is 2. The van der Waals surface area contributed by atoms with Crippen LogP contribution in [-0.2, 0) is 6.61 Å². The minimum atomic E-state index is -5.31. The van der Waals surface area contributed by atoms with Crippen molar-refractivity contribution in [1.82, 2.24) is 10.6 Å². The van der Waals surface area contributed by atoms with E-state index in [1.165, 1.54) is 53.8 Å². The topological polar surface area (TPSA) is 87.7 Å². The van der Waals surface area contributed by atoms with E-state index in [2.05, 4.69) is 5.32 Å². The van der Waals surface area contributed by atoms with Gasteiger partial charge in [0.15, 0.2) is 5.78 Å². The Labute approximate surface area is 193 Å². The number of carbonyl (C=O) groups is 2. The smallest absolute Gasteiger partial charge is 0.437 e. The van der Waals surface area contributed by atoms with E-state index in [1.54, 1.807) is 6.07 Å². The monoisotopic (exact) mass is 470 g/mol. The molecule has 6 nitrogen and oxygen atoms in total. The van der Waals surface area contributed by atoms with Crippen molar-refractivity contribution in [2.45, 2.75) is 24.6 Å². The number of ketones is 1. The molecule has 1 aliphatic heterocycles. The third-order valence-electron chi connectivity index (χ3n) is 5.63. The Bertz CT molecular complexity index is 1150. The molecule has 4 rings (SSSR count). The lowest BCUT2D eigenvalue weighted by Crippen LogP contribution is -2.72. The number of alkyl halides is 3. The first-order valence-corrected chi connectivity index (χ1v) is 10.4. The minimum Gasteiger partial charge on any atom is -0.489 e. The third kappa shape index (κ3) is 4.60. The maximum Gasteiger partial charge on any atom is 0.437 e. The van der Waals surface area contributed by atoms with Crippen LogP contribution in [0.4, 0.5) is 18.0 Å². The van der Waals surface area contributed by atoms with Crippen molar-refractivity contribution in [3.63, 3.8) is 0 Å². The Morgan fingerprint density at radius 1 is 0.941 bits per heavy atom. The molecule has 1 heterocycles. The number of nitrogens with one attached hydrogen (secondary N) is 2. The van der Waals surface area contributed by atoms with Crippen molar-refractivity contribution in [2.75, 3.05) is 0 Å². The normalized spacial score (nSPS) is 22.4. The van der Waals surface area contributed by atoms with Crippen LogP contribution in [-0.4, -0.2) is 28.8 Å². The highest BCUT2D eigenvalue weighted by Gasteiger charge is 2.66. The fourth-order valence-corrected chi connectivity index (χ4v) is 3.91. The fraction of sp³-hybridized carbons (Fsp3) is 0.200. The molecule has 3 N–H and O–H groups in total. The van der Waals surface area contributed by atoms with Crippen molar-refractivity contribution in [2.24, 2.45) is 5.92 Å². The maximum absolute atomic E-state index is 14.0. The average Bonchev–Trinajstić information content (AvgIpc) is 2.83. The number of benzene rings is 3.